The number of ketones is 1. The molecule has 0 heterocycles. The van der Waals surface area contributed by atoms with Gasteiger partial charge in [0, 0.05) is 29.2 Å². The summed E-state index contributed by atoms with van der Waals surface area (Å²) in [6, 6.07) is 14.7. The standard InChI is InChI=1S/C15H13NOS/c1-16-14-8-6-13(7-9-14)15(17)12-4-2-11(10-18)3-5-12/h2-10,16H,1H3. The van der Waals surface area contributed by atoms with Crippen molar-refractivity contribution in [2.24, 2.45) is 0 Å². The first-order chi connectivity index (χ1) is 8.74. The van der Waals surface area contributed by atoms with E-state index in [1.807, 2.05) is 43.4 Å². The van der Waals surface area contributed by atoms with E-state index in [2.05, 4.69) is 5.32 Å². The lowest BCUT2D eigenvalue weighted by atomic mass is 10.0. The van der Waals surface area contributed by atoms with E-state index in [-0.39, 0.29) is 5.78 Å². The van der Waals surface area contributed by atoms with Crippen molar-refractivity contribution in [2.75, 3.05) is 12.4 Å². The third-order valence-electron chi connectivity index (χ3n) is 2.74. The van der Waals surface area contributed by atoms with E-state index in [1.54, 1.807) is 17.5 Å². The minimum absolute atomic E-state index is 0.0218. The number of carbonyl (C=O) groups is 1. The highest BCUT2D eigenvalue weighted by Gasteiger charge is 2.08. The number of carbonyl (C=O) groups excluding carboxylic acids is 1. The van der Waals surface area contributed by atoms with Crippen LogP contribution in [0.2, 0.25) is 0 Å². The molecule has 90 valence electrons. The number of hydrogen-bond acceptors (Lipinski definition) is 3. The summed E-state index contributed by atoms with van der Waals surface area (Å²) >= 11 is 4.83. The second-order valence-corrected chi connectivity index (χ2v) is 4.13. The molecule has 0 amide bonds. The highest BCUT2D eigenvalue weighted by molar-refractivity contribution is 7.79. The molecule has 0 aliphatic carbocycles. The van der Waals surface area contributed by atoms with Crippen molar-refractivity contribution in [3.05, 3.63) is 65.2 Å². The van der Waals surface area contributed by atoms with Crippen LogP contribution in [0, 0.1) is 0 Å². The van der Waals surface area contributed by atoms with Gasteiger partial charge in [-0.2, -0.15) is 0 Å². The zero-order valence-electron chi connectivity index (χ0n) is 10.0. The average molecular weight is 255 g/mol. The molecule has 2 aromatic carbocycles. The van der Waals surface area contributed by atoms with Gasteiger partial charge in [0.05, 0.1) is 0 Å². The fraction of sp³-hybridized carbons (Fsp3) is 0.0667. The van der Waals surface area contributed by atoms with E-state index in [1.165, 1.54) is 0 Å². The first-order valence-corrected chi connectivity index (χ1v) is 6.09. The Hall–Kier alpha value is -2.00. The summed E-state index contributed by atoms with van der Waals surface area (Å²) in [5.74, 6) is 0.0218. The SMILES string of the molecule is CNc1ccc(C(=O)c2ccc(C=S)cc2)cc1. The molecule has 0 bridgehead atoms. The van der Waals surface area contributed by atoms with Crippen molar-refractivity contribution in [3.8, 4) is 0 Å². The van der Waals surface area contributed by atoms with Gasteiger partial charge in [-0.25, -0.2) is 0 Å². The summed E-state index contributed by atoms with van der Waals surface area (Å²) in [6.45, 7) is 0. The van der Waals surface area contributed by atoms with Crippen molar-refractivity contribution in [1.29, 1.82) is 0 Å². The minimum Gasteiger partial charge on any atom is -0.388 e. The summed E-state index contributed by atoms with van der Waals surface area (Å²) in [6.07, 6.45) is 0. The van der Waals surface area contributed by atoms with Crippen LogP contribution >= 0.6 is 12.2 Å². The van der Waals surface area contributed by atoms with Gasteiger partial charge in [0.25, 0.3) is 0 Å². The zero-order valence-corrected chi connectivity index (χ0v) is 10.8. The molecule has 0 atom stereocenters. The average Bonchev–Trinajstić information content (AvgIpc) is 2.47. The largest absolute Gasteiger partial charge is 0.388 e. The van der Waals surface area contributed by atoms with E-state index in [0.717, 1.165) is 11.3 Å². The Kier molecular flexibility index (Phi) is 3.85. The van der Waals surface area contributed by atoms with Crippen LogP contribution in [0.25, 0.3) is 0 Å². The lowest BCUT2D eigenvalue weighted by Gasteiger charge is -2.03. The summed E-state index contributed by atoms with van der Waals surface area (Å²) < 4.78 is 0. The van der Waals surface area contributed by atoms with Crippen LogP contribution in [0.1, 0.15) is 21.5 Å². The fourth-order valence-electron chi connectivity index (χ4n) is 1.67. The van der Waals surface area contributed by atoms with Gasteiger partial charge < -0.3 is 5.32 Å². The Morgan fingerprint density at radius 1 is 1.00 bits per heavy atom. The van der Waals surface area contributed by atoms with Crippen LogP contribution in [-0.2, 0) is 0 Å². The second-order valence-electron chi connectivity index (χ2n) is 3.90. The number of hydrogen-bond donors (Lipinski definition) is 1. The highest BCUT2D eigenvalue weighted by Crippen LogP contribution is 2.13. The van der Waals surface area contributed by atoms with Gasteiger partial charge in [-0.05, 0) is 29.8 Å². The molecule has 3 heteroatoms. The Morgan fingerprint density at radius 2 is 1.50 bits per heavy atom. The second kappa shape index (κ2) is 5.56. The van der Waals surface area contributed by atoms with Crippen LogP contribution in [0.3, 0.4) is 0 Å². The normalized spacial score (nSPS) is 9.83. The quantitative estimate of drug-likeness (QED) is 0.671. The van der Waals surface area contributed by atoms with E-state index < -0.39 is 0 Å². The van der Waals surface area contributed by atoms with Crippen LogP contribution < -0.4 is 5.32 Å². The third kappa shape index (κ3) is 2.63. The van der Waals surface area contributed by atoms with E-state index >= 15 is 0 Å². The van der Waals surface area contributed by atoms with Gasteiger partial charge in [0.15, 0.2) is 5.78 Å². The first kappa shape index (κ1) is 12.5. The Balaban J connectivity index is 2.26. The van der Waals surface area contributed by atoms with Gasteiger partial charge in [-0.1, -0.05) is 36.5 Å². The van der Waals surface area contributed by atoms with Crippen molar-refractivity contribution in [2.45, 2.75) is 0 Å². The molecule has 0 spiro atoms. The van der Waals surface area contributed by atoms with Crippen molar-refractivity contribution in [3.63, 3.8) is 0 Å². The Bertz CT molecular complexity index is 558. The van der Waals surface area contributed by atoms with Crippen LogP contribution in [-0.4, -0.2) is 18.2 Å². The summed E-state index contributed by atoms with van der Waals surface area (Å²) in [7, 11) is 1.85. The van der Waals surface area contributed by atoms with Crippen LogP contribution in [0.5, 0.6) is 0 Å². The molecular weight excluding hydrogens is 242 g/mol. The minimum atomic E-state index is 0.0218. The van der Waals surface area contributed by atoms with Gasteiger partial charge >= 0.3 is 0 Å². The predicted molar refractivity (Wildman–Crippen MR) is 78.6 cm³/mol. The number of nitrogens with one attached hydrogen (secondary N) is 1. The lowest BCUT2D eigenvalue weighted by Crippen LogP contribution is -2.01. The number of anilines is 1. The van der Waals surface area contributed by atoms with E-state index in [0.29, 0.717) is 11.1 Å². The number of rotatable bonds is 4. The smallest absolute Gasteiger partial charge is 0.193 e. The molecule has 2 nitrogen and oxygen atoms in total. The van der Waals surface area contributed by atoms with Gasteiger partial charge in [-0.3, -0.25) is 4.79 Å². The molecule has 0 unspecified atom stereocenters. The van der Waals surface area contributed by atoms with Gasteiger partial charge in [0.2, 0.25) is 0 Å². The first-order valence-electron chi connectivity index (χ1n) is 5.62. The fourth-order valence-corrected chi connectivity index (χ4v) is 1.83. The molecule has 0 radical (unpaired) electrons. The molecule has 18 heavy (non-hydrogen) atoms. The van der Waals surface area contributed by atoms with E-state index in [4.69, 9.17) is 12.2 Å². The summed E-state index contributed by atoms with van der Waals surface area (Å²) in [4.78, 5) is 12.2. The monoisotopic (exact) mass is 255 g/mol. The molecule has 1 N–H and O–H groups in total. The highest BCUT2D eigenvalue weighted by atomic mass is 32.1. The molecule has 0 fully saturated rings. The topological polar surface area (TPSA) is 29.1 Å². The Morgan fingerprint density at radius 3 is 1.94 bits per heavy atom. The molecular formula is C15H13NOS. The molecule has 0 aromatic heterocycles. The maximum atomic E-state index is 12.2. The van der Waals surface area contributed by atoms with Crippen LogP contribution in [0.15, 0.2) is 48.5 Å². The predicted octanol–water partition coefficient (Wildman–Crippen LogP) is 3.31. The lowest BCUT2D eigenvalue weighted by molar-refractivity contribution is 0.103. The molecule has 0 aliphatic rings. The number of benzene rings is 2. The van der Waals surface area contributed by atoms with E-state index in [9.17, 15) is 4.79 Å². The van der Waals surface area contributed by atoms with Gasteiger partial charge in [0.1, 0.15) is 0 Å². The van der Waals surface area contributed by atoms with Crippen molar-refractivity contribution >= 4 is 29.1 Å². The number of thiocarbonyl (C=S) groups is 1. The van der Waals surface area contributed by atoms with Gasteiger partial charge in [-0.15, -0.1) is 0 Å². The molecule has 2 aromatic rings. The van der Waals surface area contributed by atoms with Crippen LogP contribution in [0.4, 0.5) is 5.69 Å². The maximum absolute atomic E-state index is 12.2. The van der Waals surface area contributed by atoms with Crippen molar-refractivity contribution < 1.29 is 4.79 Å². The molecule has 2 rings (SSSR count). The summed E-state index contributed by atoms with van der Waals surface area (Å²) in [5.41, 5.74) is 3.28. The molecule has 0 saturated carbocycles. The summed E-state index contributed by atoms with van der Waals surface area (Å²) in [5, 5.41) is 4.61. The zero-order chi connectivity index (χ0) is 13.0. The third-order valence-corrected chi connectivity index (χ3v) is 3.02. The molecule has 0 saturated heterocycles. The molecule has 0 aliphatic heterocycles. The van der Waals surface area contributed by atoms with Crippen molar-refractivity contribution in [1.82, 2.24) is 0 Å². The Labute approximate surface area is 112 Å². The maximum Gasteiger partial charge on any atom is 0.193 e.